The van der Waals surface area contributed by atoms with Crippen molar-refractivity contribution in [1.29, 1.82) is 0 Å². The molecular formula is C13H11N3OS. The molecule has 0 aliphatic heterocycles. The second-order valence-electron chi connectivity index (χ2n) is 3.89. The van der Waals surface area contributed by atoms with E-state index in [0.29, 0.717) is 6.54 Å². The van der Waals surface area contributed by atoms with E-state index in [1.165, 1.54) is 11.3 Å². The van der Waals surface area contributed by atoms with Gasteiger partial charge in [-0.2, -0.15) is 0 Å². The minimum absolute atomic E-state index is 0.268. The van der Waals surface area contributed by atoms with Gasteiger partial charge in [-0.3, -0.25) is 4.98 Å². The van der Waals surface area contributed by atoms with Crippen molar-refractivity contribution >= 4 is 26.7 Å². The van der Waals surface area contributed by atoms with Crippen LogP contribution in [-0.4, -0.2) is 15.1 Å². The first-order chi connectivity index (χ1) is 8.81. The fraction of sp³-hybridized carbons (Fsp3) is 0.0769. The maximum absolute atomic E-state index is 9.40. The van der Waals surface area contributed by atoms with Crippen molar-refractivity contribution < 1.29 is 5.11 Å². The third-order valence-corrected chi connectivity index (χ3v) is 3.51. The number of fused-ring (bicyclic) bond motifs is 1. The van der Waals surface area contributed by atoms with Crippen molar-refractivity contribution in [2.75, 3.05) is 5.32 Å². The Hall–Kier alpha value is -2.14. The minimum Gasteiger partial charge on any atom is -0.508 e. The Kier molecular flexibility index (Phi) is 2.82. The highest BCUT2D eigenvalue weighted by atomic mass is 32.1. The van der Waals surface area contributed by atoms with Crippen LogP contribution in [0.15, 0.2) is 42.7 Å². The van der Waals surface area contributed by atoms with Crippen molar-refractivity contribution in [3.8, 4) is 5.75 Å². The number of phenolic OH excluding ortho intramolecular Hbond substituents is 1. The molecular weight excluding hydrogens is 246 g/mol. The molecule has 18 heavy (non-hydrogen) atoms. The van der Waals surface area contributed by atoms with Crippen LogP contribution in [0.1, 0.15) is 5.56 Å². The topological polar surface area (TPSA) is 58.0 Å². The van der Waals surface area contributed by atoms with Crippen LogP contribution in [0, 0.1) is 0 Å². The molecule has 0 bridgehead atoms. The van der Waals surface area contributed by atoms with E-state index in [1.54, 1.807) is 18.3 Å². The zero-order valence-corrected chi connectivity index (χ0v) is 10.3. The first kappa shape index (κ1) is 11.0. The van der Waals surface area contributed by atoms with E-state index in [0.717, 1.165) is 20.9 Å². The Morgan fingerprint density at radius 1 is 1.28 bits per heavy atom. The lowest BCUT2D eigenvalue weighted by atomic mass is 10.3. The number of aromatic hydroxyl groups is 1. The molecule has 0 saturated carbocycles. The van der Waals surface area contributed by atoms with E-state index >= 15 is 0 Å². The van der Waals surface area contributed by atoms with Gasteiger partial charge in [-0.25, -0.2) is 4.98 Å². The molecule has 3 aromatic rings. The molecule has 90 valence electrons. The normalized spacial score (nSPS) is 10.7. The lowest BCUT2D eigenvalue weighted by Gasteiger charge is -2.00. The Morgan fingerprint density at radius 3 is 3.06 bits per heavy atom. The fourth-order valence-corrected chi connectivity index (χ4v) is 2.56. The Balaban J connectivity index is 1.79. The van der Waals surface area contributed by atoms with E-state index in [4.69, 9.17) is 0 Å². The third-order valence-electron chi connectivity index (χ3n) is 2.54. The van der Waals surface area contributed by atoms with E-state index in [-0.39, 0.29) is 5.75 Å². The van der Waals surface area contributed by atoms with Crippen LogP contribution in [0.2, 0.25) is 0 Å². The lowest BCUT2D eigenvalue weighted by molar-refractivity contribution is 0.476. The van der Waals surface area contributed by atoms with Gasteiger partial charge >= 0.3 is 0 Å². The second kappa shape index (κ2) is 4.62. The predicted molar refractivity (Wildman–Crippen MR) is 72.8 cm³/mol. The van der Waals surface area contributed by atoms with Gasteiger partial charge in [0, 0.05) is 18.9 Å². The summed E-state index contributed by atoms with van der Waals surface area (Å²) in [5, 5.41) is 13.5. The Bertz CT molecular complexity index is 666. The summed E-state index contributed by atoms with van der Waals surface area (Å²) in [4.78, 5) is 8.51. The number of nitrogens with one attached hydrogen (secondary N) is 1. The van der Waals surface area contributed by atoms with Crippen LogP contribution in [0.25, 0.3) is 10.2 Å². The fourth-order valence-electron chi connectivity index (χ4n) is 1.67. The highest BCUT2D eigenvalue weighted by Gasteiger charge is 2.04. The number of nitrogens with zero attached hydrogens (tertiary/aromatic N) is 2. The van der Waals surface area contributed by atoms with Gasteiger partial charge in [0.25, 0.3) is 0 Å². The van der Waals surface area contributed by atoms with Crippen molar-refractivity contribution in [2.45, 2.75) is 6.54 Å². The maximum atomic E-state index is 9.40. The summed E-state index contributed by atoms with van der Waals surface area (Å²) >= 11 is 1.53. The first-order valence-electron chi connectivity index (χ1n) is 5.53. The van der Waals surface area contributed by atoms with Gasteiger partial charge in [0.2, 0.25) is 0 Å². The SMILES string of the molecule is Oc1ccc2nc(NCc3cccnc3)sc2c1. The maximum Gasteiger partial charge on any atom is 0.184 e. The van der Waals surface area contributed by atoms with E-state index in [9.17, 15) is 5.11 Å². The molecule has 0 saturated heterocycles. The molecule has 2 heterocycles. The van der Waals surface area contributed by atoms with Crippen molar-refractivity contribution in [1.82, 2.24) is 9.97 Å². The van der Waals surface area contributed by atoms with Gasteiger partial charge in [0.15, 0.2) is 5.13 Å². The van der Waals surface area contributed by atoms with Gasteiger partial charge in [0.1, 0.15) is 5.75 Å². The Morgan fingerprint density at radius 2 is 2.22 bits per heavy atom. The average molecular weight is 257 g/mol. The largest absolute Gasteiger partial charge is 0.508 e. The summed E-state index contributed by atoms with van der Waals surface area (Å²) < 4.78 is 0.976. The number of hydrogen-bond acceptors (Lipinski definition) is 5. The van der Waals surface area contributed by atoms with Crippen LogP contribution in [-0.2, 0) is 6.54 Å². The quantitative estimate of drug-likeness (QED) is 0.757. The number of anilines is 1. The highest BCUT2D eigenvalue weighted by Crippen LogP contribution is 2.28. The van der Waals surface area contributed by atoms with E-state index < -0.39 is 0 Å². The zero-order valence-electron chi connectivity index (χ0n) is 9.50. The summed E-state index contributed by atoms with van der Waals surface area (Å²) in [5.41, 5.74) is 2.01. The summed E-state index contributed by atoms with van der Waals surface area (Å²) in [6.45, 7) is 0.694. The molecule has 0 spiro atoms. The van der Waals surface area contributed by atoms with Crippen LogP contribution in [0.4, 0.5) is 5.13 Å². The molecule has 4 nitrogen and oxygen atoms in total. The Labute approximate surface area is 108 Å². The zero-order chi connectivity index (χ0) is 12.4. The van der Waals surface area contributed by atoms with Gasteiger partial charge in [0.05, 0.1) is 10.2 Å². The summed E-state index contributed by atoms with van der Waals surface area (Å²) in [7, 11) is 0. The second-order valence-corrected chi connectivity index (χ2v) is 4.92. The average Bonchev–Trinajstić information content (AvgIpc) is 2.79. The molecule has 0 amide bonds. The number of benzene rings is 1. The van der Waals surface area contributed by atoms with Gasteiger partial charge in [-0.05, 0) is 29.8 Å². The number of rotatable bonds is 3. The molecule has 2 N–H and O–H groups in total. The van der Waals surface area contributed by atoms with Crippen molar-refractivity contribution in [3.05, 3.63) is 48.3 Å². The lowest BCUT2D eigenvalue weighted by Crippen LogP contribution is -1.98. The van der Waals surface area contributed by atoms with Crippen LogP contribution < -0.4 is 5.32 Å². The number of hydrogen-bond donors (Lipinski definition) is 2. The smallest absolute Gasteiger partial charge is 0.184 e. The van der Waals surface area contributed by atoms with E-state index in [1.807, 2.05) is 24.4 Å². The van der Waals surface area contributed by atoms with Crippen LogP contribution in [0.5, 0.6) is 5.75 Å². The molecule has 0 fully saturated rings. The highest BCUT2D eigenvalue weighted by molar-refractivity contribution is 7.22. The van der Waals surface area contributed by atoms with Crippen molar-refractivity contribution in [3.63, 3.8) is 0 Å². The minimum atomic E-state index is 0.268. The number of thiazole rings is 1. The van der Waals surface area contributed by atoms with Crippen LogP contribution in [0.3, 0.4) is 0 Å². The van der Waals surface area contributed by atoms with Gasteiger partial charge in [-0.15, -0.1) is 0 Å². The summed E-state index contributed by atoms with van der Waals surface area (Å²) in [5.74, 6) is 0.268. The summed E-state index contributed by atoms with van der Waals surface area (Å²) in [6, 6.07) is 9.11. The molecule has 0 aliphatic carbocycles. The van der Waals surface area contributed by atoms with Crippen molar-refractivity contribution in [2.24, 2.45) is 0 Å². The molecule has 2 aromatic heterocycles. The third kappa shape index (κ3) is 2.26. The molecule has 0 atom stereocenters. The summed E-state index contributed by atoms with van der Waals surface area (Å²) in [6.07, 6.45) is 3.58. The molecule has 5 heteroatoms. The molecule has 0 aliphatic rings. The molecule has 1 aromatic carbocycles. The molecule has 0 unspecified atom stereocenters. The van der Waals surface area contributed by atoms with Gasteiger partial charge in [-0.1, -0.05) is 17.4 Å². The van der Waals surface area contributed by atoms with Gasteiger partial charge < -0.3 is 10.4 Å². The number of pyridine rings is 1. The number of phenols is 1. The first-order valence-corrected chi connectivity index (χ1v) is 6.35. The molecule has 0 radical (unpaired) electrons. The van der Waals surface area contributed by atoms with E-state index in [2.05, 4.69) is 15.3 Å². The predicted octanol–water partition coefficient (Wildman–Crippen LogP) is 3.01. The molecule has 3 rings (SSSR count). The van der Waals surface area contributed by atoms with Crippen LogP contribution >= 0.6 is 11.3 Å². The number of aromatic nitrogens is 2. The monoisotopic (exact) mass is 257 g/mol. The standard InChI is InChI=1S/C13H11N3OS/c17-10-3-4-11-12(6-10)18-13(16-11)15-8-9-2-1-5-14-7-9/h1-7,17H,8H2,(H,15,16).